The minimum absolute atomic E-state index is 0.0900. The number of likely N-dealkylation sites (tertiary alicyclic amines) is 1. The molecule has 2 heterocycles. The molecule has 2 rings (SSSR count). The molecule has 17 heavy (non-hydrogen) atoms. The van der Waals surface area contributed by atoms with E-state index in [9.17, 15) is 0 Å². The largest absolute Gasteiger partial charge is 0.394 e. The lowest BCUT2D eigenvalue weighted by Crippen LogP contribution is -2.29. The SMILES string of the molecule is Cn1cnnc1C1CCCN1CCOCCO. The van der Waals surface area contributed by atoms with Gasteiger partial charge in [0.05, 0.1) is 25.9 Å². The molecule has 1 N–H and O–H groups in total. The van der Waals surface area contributed by atoms with Crippen LogP contribution in [0.4, 0.5) is 0 Å². The zero-order valence-corrected chi connectivity index (χ0v) is 10.2. The second-order valence-electron chi connectivity index (χ2n) is 4.33. The van der Waals surface area contributed by atoms with Gasteiger partial charge in [-0.3, -0.25) is 4.90 Å². The molecule has 0 aromatic carbocycles. The zero-order valence-electron chi connectivity index (χ0n) is 10.2. The highest BCUT2D eigenvalue weighted by molar-refractivity contribution is 4.98. The highest BCUT2D eigenvalue weighted by Crippen LogP contribution is 2.29. The molecule has 96 valence electrons. The van der Waals surface area contributed by atoms with Gasteiger partial charge in [-0.15, -0.1) is 10.2 Å². The van der Waals surface area contributed by atoms with E-state index in [0.717, 1.165) is 25.3 Å². The fourth-order valence-corrected chi connectivity index (χ4v) is 2.33. The van der Waals surface area contributed by atoms with E-state index in [4.69, 9.17) is 9.84 Å². The van der Waals surface area contributed by atoms with Crippen LogP contribution < -0.4 is 0 Å². The van der Waals surface area contributed by atoms with Crippen LogP contribution in [-0.4, -0.2) is 57.7 Å². The Morgan fingerprint density at radius 2 is 2.41 bits per heavy atom. The average Bonchev–Trinajstić information content (AvgIpc) is 2.93. The second kappa shape index (κ2) is 6.09. The summed E-state index contributed by atoms with van der Waals surface area (Å²) < 4.78 is 7.29. The molecular weight excluding hydrogens is 220 g/mol. The number of aliphatic hydroxyl groups is 1. The maximum absolute atomic E-state index is 8.64. The van der Waals surface area contributed by atoms with Gasteiger partial charge in [0, 0.05) is 13.6 Å². The molecule has 0 saturated carbocycles. The number of ether oxygens (including phenoxy) is 1. The van der Waals surface area contributed by atoms with Crippen LogP contribution in [0.2, 0.25) is 0 Å². The smallest absolute Gasteiger partial charge is 0.149 e. The van der Waals surface area contributed by atoms with E-state index in [2.05, 4.69) is 15.1 Å². The predicted molar refractivity (Wildman–Crippen MR) is 62.5 cm³/mol. The molecule has 1 aliphatic heterocycles. The molecule has 1 aliphatic rings. The summed E-state index contributed by atoms with van der Waals surface area (Å²) in [6.07, 6.45) is 4.07. The van der Waals surface area contributed by atoms with Crippen LogP contribution in [0, 0.1) is 0 Å². The number of aliphatic hydroxyl groups excluding tert-OH is 1. The maximum atomic E-state index is 8.64. The number of rotatable bonds is 6. The van der Waals surface area contributed by atoms with Crippen molar-refractivity contribution in [1.82, 2.24) is 19.7 Å². The van der Waals surface area contributed by atoms with Crippen molar-refractivity contribution in [3.8, 4) is 0 Å². The molecule has 1 saturated heterocycles. The van der Waals surface area contributed by atoms with Crippen LogP contribution in [0.3, 0.4) is 0 Å². The third kappa shape index (κ3) is 3.02. The lowest BCUT2D eigenvalue weighted by Gasteiger charge is -2.23. The molecule has 1 fully saturated rings. The Labute approximate surface area is 101 Å². The Kier molecular flexibility index (Phi) is 4.47. The molecule has 1 aromatic heterocycles. The lowest BCUT2D eigenvalue weighted by atomic mass is 10.2. The lowest BCUT2D eigenvalue weighted by molar-refractivity contribution is 0.0699. The van der Waals surface area contributed by atoms with Crippen molar-refractivity contribution in [1.29, 1.82) is 0 Å². The van der Waals surface area contributed by atoms with Gasteiger partial charge in [0.25, 0.3) is 0 Å². The molecule has 1 atom stereocenters. The fraction of sp³-hybridized carbons (Fsp3) is 0.818. The highest BCUT2D eigenvalue weighted by atomic mass is 16.5. The summed E-state index contributed by atoms with van der Waals surface area (Å²) in [5.41, 5.74) is 0. The van der Waals surface area contributed by atoms with E-state index >= 15 is 0 Å². The summed E-state index contributed by atoms with van der Waals surface area (Å²) in [4.78, 5) is 2.38. The van der Waals surface area contributed by atoms with E-state index in [1.807, 2.05) is 11.6 Å². The summed E-state index contributed by atoms with van der Waals surface area (Å²) in [6.45, 7) is 3.14. The van der Waals surface area contributed by atoms with Gasteiger partial charge in [0.1, 0.15) is 12.2 Å². The Hall–Kier alpha value is -0.980. The molecule has 0 spiro atoms. The molecule has 1 aromatic rings. The van der Waals surface area contributed by atoms with Crippen molar-refractivity contribution in [3.63, 3.8) is 0 Å². The fourth-order valence-electron chi connectivity index (χ4n) is 2.33. The van der Waals surface area contributed by atoms with Crippen molar-refractivity contribution in [2.24, 2.45) is 7.05 Å². The van der Waals surface area contributed by atoms with Crippen LogP contribution in [-0.2, 0) is 11.8 Å². The molecule has 6 heteroatoms. The van der Waals surface area contributed by atoms with Crippen molar-refractivity contribution >= 4 is 0 Å². The summed E-state index contributed by atoms with van der Waals surface area (Å²) in [5, 5.41) is 16.8. The molecular formula is C11H20N4O2. The molecule has 0 radical (unpaired) electrons. The third-order valence-corrected chi connectivity index (χ3v) is 3.17. The number of hydrogen-bond acceptors (Lipinski definition) is 5. The standard InChI is InChI=1S/C11H20N4O2/c1-14-9-12-13-11(14)10-3-2-4-15(10)5-7-17-8-6-16/h9-10,16H,2-8H2,1H3. The zero-order chi connectivity index (χ0) is 12.1. The Morgan fingerprint density at radius 1 is 1.53 bits per heavy atom. The summed E-state index contributed by atoms with van der Waals surface area (Å²) in [7, 11) is 1.98. The Morgan fingerprint density at radius 3 is 3.12 bits per heavy atom. The molecule has 0 bridgehead atoms. The van der Waals surface area contributed by atoms with E-state index < -0.39 is 0 Å². The van der Waals surface area contributed by atoms with Crippen LogP contribution in [0.1, 0.15) is 24.7 Å². The van der Waals surface area contributed by atoms with Gasteiger partial charge in [-0.05, 0) is 19.4 Å². The van der Waals surface area contributed by atoms with Crippen molar-refractivity contribution in [3.05, 3.63) is 12.2 Å². The van der Waals surface area contributed by atoms with Gasteiger partial charge in [0.2, 0.25) is 0 Å². The first-order valence-electron chi connectivity index (χ1n) is 6.09. The summed E-state index contributed by atoms with van der Waals surface area (Å²) in [6, 6.07) is 0.361. The molecule has 0 amide bonds. The number of hydrogen-bond donors (Lipinski definition) is 1. The number of aryl methyl sites for hydroxylation is 1. The van der Waals surface area contributed by atoms with Crippen LogP contribution in [0.15, 0.2) is 6.33 Å². The first kappa shape index (κ1) is 12.5. The van der Waals surface area contributed by atoms with E-state index in [1.54, 1.807) is 6.33 Å². The first-order valence-corrected chi connectivity index (χ1v) is 6.09. The summed E-state index contributed by atoms with van der Waals surface area (Å²) in [5.74, 6) is 1.03. The van der Waals surface area contributed by atoms with E-state index in [0.29, 0.717) is 19.3 Å². The Balaban J connectivity index is 1.87. The predicted octanol–water partition coefficient (Wildman–Crippen LogP) is -0.0391. The van der Waals surface area contributed by atoms with E-state index in [1.165, 1.54) is 6.42 Å². The molecule has 0 aliphatic carbocycles. The second-order valence-corrected chi connectivity index (χ2v) is 4.33. The quantitative estimate of drug-likeness (QED) is 0.707. The highest BCUT2D eigenvalue weighted by Gasteiger charge is 2.28. The summed E-state index contributed by atoms with van der Waals surface area (Å²) >= 11 is 0. The minimum atomic E-state index is 0.0900. The Bertz CT molecular complexity index is 342. The third-order valence-electron chi connectivity index (χ3n) is 3.17. The number of nitrogens with zero attached hydrogens (tertiary/aromatic N) is 4. The van der Waals surface area contributed by atoms with Gasteiger partial charge in [-0.25, -0.2) is 0 Å². The van der Waals surface area contributed by atoms with E-state index in [-0.39, 0.29) is 6.61 Å². The number of aromatic nitrogens is 3. The van der Waals surface area contributed by atoms with Gasteiger partial charge in [0.15, 0.2) is 0 Å². The minimum Gasteiger partial charge on any atom is -0.394 e. The normalized spacial score (nSPS) is 21.2. The van der Waals surface area contributed by atoms with Gasteiger partial charge >= 0.3 is 0 Å². The van der Waals surface area contributed by atoms with Crippen LogP contribution >= 0.6 is 0 Å². The first-order chi connectivity index (χ1) is 8.33. The van der Waals surface area contributed by atoms with Gasteiger partial charge in [-0.2, -0.15) is 0 Å². The average molecular weight is 240 g/mol. The monoisotopic (exact) mass is 240 g/mol. The van der Waals surface area contributed by atoms with Crippen molar-refractivity contribution in [2.75, 3.05) is 32.9 Å². The maximum Gasteiger partial charge on any atom is 0.149 e. The van der Waals surface area contributed by atoms with Crippen LogP contribution in [0.25, 0.3) is 0 Å². The topological polar surface area (TPSA) is 63.4 Å². The van der Waals surface area contributed by atoms with Crippen molar-refractivity contribution < 1.29 is 9.84 Å². The van der Waals surface area contributed by atoms with Crippen molar-refractivity contribution in [2.45, 2.75) is 18.9 Å². The van der Waals surface area contributed by atoms with Gasteiger partial charge < -0.3 is 14.4 Å². The molecule has 1 unspecified atom stereocenters. The molecule has 6 nitrogen and oxygen atoms in total. The van der Waals surface area contributed by atoms with Gasteiger partial charge in [-0.1, -0.05) is 0 Å². The van der Waals surface area contributed by atoms with Crippen LogP contribution in [0.5, 0.6) is 0 Å².